The normalized spacial score (nSPS) is 24.1. The highest BCUT2D eigenvalue weighted by Gasteiger charge is 2.60. The minimum absolute atomic E-state index is 0.00745. The second-order valence-electron chi connectivity index (χ2n) is 10.1. The molecule has 4 heterocycles. The molecule has 3 fully saturated rings. The van der Waals surface area contributed by atoms with Crippen molar-refractivity contribution in [3.05, 3.63) is 47.4 Å². The summed E-state index contributed by atoms with van der Waals surface area (Å²) in [5.41, 5.74) is 3.84. The number of nitrogens with one attached hydrogen (secondary N) is 2. The molecular weight excluding hydrogens is 426 g/mol. The van der Waals surface area contributed by atoms with Gasteiger partial charge >= 0.3 is 0 Å². The number of carbonyl (C=O) groups excluding carboxylic acids is 1. The third kappa shape index (κ3) is 3.66. The Labute approximate surface area is 198 Å². The van der Waals surface area contributed by atoms with E-state index in [9.17, 15) is 4.79 Å². The molecule has 6 rings (SSSR count). The number of amides is 1. The predicted molar refractivity (Wildman–Crippen MR) is 130 cm³/mol. The Hall–Kier alpha value is -3.57. The van der Waals surface area contributed by atoms with Crippen LogP contribution in [0.3, 0.4) is 0 Å². The van der Waals surface area contributed by atoms with Gasteiger partial charge in [-0.2, -0.15) is 0 Å². The highest BCUT2D eigenvalue weighted by molar-refractivity contribution is 5.97. The number of likely N-dealkylation sites (tertiary alicyclic amines) is 1. The van der Waals surface area contributed by atoms with Crippen molar-refractivity contribution in [3.63, 3.8) is 0 Å². The third-order valence-corrected chi connectivity index (χ3v) is 7.44. The van der Waals surface area contributed by atoms with E-state index in [0.29, 0.717) is 45.7 Å². The molecular formula is C26H27N7O. The van der Waals surface area contributed by atoms with Crippen molar-refractivity contribution in [3.8, 4) is 11.8 Å². The number of aromatic nitrogens is 4. The lowest BCUT2D eigenvalue weighted by molar-refractivity contribution is -0.117. The number of rotatable bonds is 4. The second kappa shape index (κ2) is 7.74. The zero-order chi connectivity index (χ0) is 23.4. The van der Waals surface area contributed by atoms with E-state index in [1.54, 1.807) is 13.2 Å². The van der Waals surface area contributed by atoms with E-state index in [1.807, 2.05) is 18.3 Å². The maximum Gasteiger partial charge on any atom is 0.228 e. The van der Waals surface area contributed by atoms with Crippen molar-refractivity contribution in [2.24, 2.45) is 17.3 Å². The van der Waals surface area contributed by atoms with Gasteiger partial charge in [-0.1, -0.05) is 18.9 Å². The summed E-state index contributed by atoms with van der Waals surface area (Å²) in [4.78, 5) is 23.8. The Balaban J connectivity index is 1.25. The molecule has 3 atom stereocenters. The van der Waals surface area contributed by atoms with Gasteiger partial charge in [0.05, 0.1) is 5.56 Å². The Morgan fingerprint density at radius 3 is 2.68 bits per heavy atom. The Morgan fingerprint density at radius 1 is 1.18 bits per heavy atom. The molecule has 1 aliphatic heterocycles. The number of carbonyl (C=O) groups is 1. The monoisotopic (exact) mass is 453 g/mol. The maximum absolute atomic E-state index is 12.4. The highest BCUT2D eigenvalue weighted by atomic mass is 16.2. The molecule has 3 aliphatic rings. The van der Waals surface area contributed by atoms with Gasteiger partial charge in [0, 0.05) is 49.2 Å². The molecule has 0 radical (unpaired) electrons. The average molecular weight is 454 g/mol. The third-order valence-electron chi connectivity index (χ3n) is 7.44. The highest BCUT2D eigenvalue weighted by Crippen LogP contribution is 2.63. The number of fused-ring (bicyclic) bond motifs is 1. The van der Waals surface area contributed by atoms with E-state index in [1.165, 1.54) is 25.1 Å². The summed E-state index contributed by atoms with van der Waals surface area (Å²) in [6, 6.07) is 5.97. The van der Waals surface area contributed by atoms with Gasteiger partial charge < -0.3 is 15.5 Å². The van der Waals surface area contributed by atoms with E-state index >= 15 is 0 Å². The Bertz CT molecular complexity index is 1350. The van der Waals surface area contributed by atoms with E-state index in [2.05, 4.69) is 67.6 Å². The molecule has 1 saturated heterocycles. The number of hydrogen-bond donors (Lipinski definition) is 2. The van der Waals surface area contributed by atoms with Crippen molar-refractivity contribution in [2.45, 2.75) is 25.7 Å². The summed E-state index contributed by atoms with van der Waals surface area (Å²) in [7, 11) is 3.96. The van der Waals surface area contributed by atoms with Crippen LogP contribution in [0.1, 0.15) is 42.5 Å². The lowest BCUT2D eigenvalue weighted by atomic mass is 9.92. The molecule has 2 saturated carbocycles. The van der Waals surface area contributed by atoms with Crippen LogP contribution in [0.15, 0.2) is 30.6 Å². The molecule has 3 aromatic rings. The van der Waals surface area contributed by atoms with Gasteiger partial charge in [-0.25, -0.2) is 9.97 Å². The molecule has 2 N–H and O–H groups in total. The number of anilines is 2. The van der Waals surface area contributed by atoms with Gasteiger partial charge in [-0.05, 0) is 55.3 Å². The fourth-order valence-electron chi connectivity index (χ4n) is 5.30. The summed E-state index contributed by atoms with van der Waals surface area (Å²) in [6.45, 7) is 4.45. The number of pyridine rings is 2. The minimum Gasteiger partial charge on any atom is -0.371 e. The van der Waals surface area contributed by atoms with E-state index < -0.39 is 0 Å². The number of nitrogens with zero attached hydrogens (tertiary/aromatic N) is 5. The standard InChI is InChI=1S/C26H27N7O/c1-15-8-19(15)25(34)30-22-9-20-16(11-29-24(27-2)23(20)32-31-22)4-6-18-7-5-17(12-28-18)21-10-26(21)13-33(3)14-26/h5,7,9,11-12,15,19,21H,8,10,13-14H2,1-3H3,(H,27,29)(H,30,31,34)/t15-,19+,21?/m1/s1. The van der Waals surface area contributed by atoms with Gasteiger partial charge in [-0.15, -0.1) is 10.2 Å². The fourth-order valence-corrected chi connectivity index (χ4v) is 5.30. The molecule has 1 unspecified atom stereocenters. The summed E-state index contributed by atoms with van der Waals surface area (Å²) in [5, 5.41) is 15.2. The predicted octanol–water partition coefficient (Wildman–Crippen LogP) is 2.87. The topological polar surface area (TPSA) is 95.9 Å². The van der Waals surface area contributed by atoms with Crippen LogP contribution in [0, 0.1) is 29.1 Å². The molecule has 8 heteroatoms. The first-order chi connectivity index (χ1) is 16.5. The van der Waals surface area contributed by atoms with Crippen molar-refractivity contribution in [1.82, 2.24) is 25.1 Å². The molecule has 0 bridgehead atoms. The van der Waals surface area contributed by atoms with Gasteiger partial charge in [-0.3, -0.25) is 4.79 Å². The van der Waals surface area contributed by atoms with Crippen LogP contribution in [0.2, 0.25) is 0 Å². The molecule has 8 nitrogen and oxygen atoms in total. The fraction of sp³-hybridized carbons (Fsp3) is 0.423. The van der Waals surface area contributed by atoms with Crippen molar-refractivity contribution >= 4 is 28.4 Å². The lowest BCUT2D eigenvalue weighted by Crippen LogP contribution is -2.46. The van der Waals surface area contributed by atoms with Gasteiger partial charge in [0.1, 0.15) is 11.2 Å². The average Bonchev–Trinajstić information content (AvgIpc) is 3.73. The van der Waals surface area contributed by atoms with Crippen LogP contribution in [0.4, 0.5) is 11.6 Å². The quantitative estimate of drug-likeness (QED) is 0.587. The molecule has 1 amide bonds. The van der Waals surface area contributed by atoms with Gasteiger partial charge in [0.2, 0.25) is 5.91 Å². The maximum atomic E-state index is 12.4. The minimum atomic E-state index is -0.00745. The summed E-state index contributed by atoms with van der Waals surface area (Å²) < 4.78 is 0. The second-order valence-corrected chi connectivity index (χ2v) is 10.1. The first kappa shape index (κ1) is 21.0. The summed E-state index contributed by atoms with van der Waals surface area (Å²) in [5.74, 6) is 8.51. The SMILES string of the molecule is CNc1ncc(C#Cc2ccc(C3CC34CN(C)C4)cn2)c2cc(NC(=O)[C@H]3C[C@H]3C)nnc12. The zero-order valence-electron chi connectivity index (χ0n) is 19.6. The van der Waals surface area contributed by atoms with Crippen molar-refractivity contribution < 1.29 is 4.79 Å². The zero-order valence-corrected chi connectivity index (χ0v) is 19.6. The van der Waals surface area contributed by atoms with Gasteiger partial charge in [0.15, 0.2) is 11.6 Å². The summed E-state index contributed by atoms with van der Waals surface area (Å²) >= 11 is 0. The summed E-state index contributed by atoms with van der Waals surface area (Å²) in [6.07, 6.45) is 5.87. The largest absolute Gasteiger partial charge is 0.371 e. The molecule has 1 spiro atoms. The van der Waals surface area contributed by atoms with E-state index in [-0.39, 0.29) is 11.8 Å². The molecule has 0 aromatic carbocycles. The van der Waals surface area contributed by atoms with E-state index in [4.69, 9.17) is 0 Å². The van der Waals surface area contributed by atoms with Crippen LogP contribution in [0.25, 0.3) is 10.9 Å². The van der Waals surface area contributed by atoms with Crippen molar-refractivity contribution in [1.29, 1.82) is 0 Å². The first-order valence-electron chi connectivity index (χ1n) is 11.8. The molecule has 3 aromatic heterocycles. The molecule has 34 heavy (non-hydrogen) atoms. The Morgan fingerprint density at radius 2 is 2.00 bits per heavy atom. The van der Waals surface area contributed by atoms with Crippen LogP contribution in [0.5, 0.6) is 0 Å². The van der Waals surface area contributed by atoms with Crippen molar-refractivity contribution in [2.75, 3.05) is 37.8 Å². The Kier molecular flexibility index (Phi) is 4.78. The van der Waals surface area contributed by atoms with E-state index in [0.717, 1.165) is 11.8 Å². The van der Waals surface area contributed by atoms with Crippen LogP contribution < -0.4 is 10.6 Å². The smallest absolute Gasteiger partial charge is 0.228 e. The van der Waals surface area contributed by atoms with Crippen LogP contribution >= 0.6 is 0 Å². The molecule has 2 aliphatic carbocycles. The van der Waals surface area contributed by atoms with Gasteiger partial charge in [0.25, 0.3) is 0 Å². The van der Waals surface area contributed by atoms with Crippen LogP contribution in [-0.4, -0.2) is 58.2 Å². The lowest BCUT2D eigenvalue weighted by Gasteiger charge is -2.38. The van der Waals surface area contributed by atoms with Crippen LogP contribution in [-0.2, 0) is 4.79 Å². The number of hydrogen-bond acceptors (Lipinski definition) is 7. The molecule has 172 valence electrons. The first-order valence-corrected chi connectivity index (χ1v) is 11.8.